The van der Waals surface area contributed by atoms with Gasteiger partial charge in [0.2, 0.25) is 0 Å². The lowest BCUT2D eigenvalue weighted by Crippen LogP contribution is -2.37. The molecule has 0 fully saturated rings. The second kappa shape index (κ2) is 8.92. The maximum absolute atomic E-state index is 12.1. The number of nitrogens with zero attached hydrogens (tertiary/aromatic N) is 2. The molecule has 0 saturated heterocycles. The Hall–Kier alpha value is -1.14. The Morgan fingerprint density at radius 2 is 1.95 bits per heavy atom. The molecule has 112 valence electrons. The molecule has 0 saturated carbocycles. The molecule has 0 aliphatic carbocycles. The Bertz CT molecular complexity index is 586. The van der Waals surface area contributed by atoms with Gasteiger partial charge < -0.3 is 5.32 Å². The van der Waals surface area contributed by atoms with Gasteiger partial charge in [0.25, 0.3) is 5.56 Å². The van der Waals surface area contributed by atoms with E-state index in [0.717, 1.165) is 5.52 Å². The van der Waals surface area contributed by atoms with Crippen molar-refractivity contribution in [3.05, 3.63) is 40.9 Å². The fourth-order valence-corrected chi connectivity index (χ4v) is 1.67. The lowest BCUT2D eigenvalue weighted by Gasteiger charge is -2.11. The lowest BCUT2D eigenvalue weighted by atomic mass is 10.2. The molecule has 0 aliphatic heterocycles. The summed E-state index contributed by atoms with van der Waals surface area (Å²) in [5, 5.41) is 7.03. The van der Waals surface area contributed by atoms with Crippen LogP contribution in [-0.4, -0.2) is 22.3 Å². The van der Waals surface area contributed by atoms with Crippen LogP contribution in [0.5, 0.6) is 0 Å². The minimum absolute atomic E-state index is 0. The molecule has 0 aliphatic rings. The van der Waals surface area contributed by atoms with E-state index in [4.69, 9.17) is 0 Å². The van der Waals surface area contributed by atoms with E-state index in [1.54, 1.807) is 17.0 Å². The first-order valence-electron chi connectivity index (χ1n) is 6.07. The predicted octanol–water partition coefficient (Wildman–Crippen LogP) is 1.74. The van der Waals surface area contributed by atoms with Crippen LogP contribution < -0.4 is 16.2 Å². The number of nitrogens with one attached hydrogen (secondary N) is 2. The second-order valence-electron chi connectivity index (χ2n) is 4.48. The van der Waals surface area contributed by atoms with Crippen LogP contribution in [0.25, 0.3) is 10.9 Å². The van der Waals surface area contributed by atoms with Gasteiger partial charge in [-0.2, -0.15) is 0 Å². The van der Waals surface area contributed by atoms with Gasteiger partial charge in [0, 0.05) is 12.7 Å². The number of para-hydroxylation sites is 1. The first-order chi connectivity index (χ1) is 8.68. The quantitative estimate of drug-likeness (QED) is 0.651. The molecule has 1 aromatic carbocycles. The third kappa shape index (κ3) is 4.76. The van der Waals surface area contributed by atoms with Crippen molar-refractivity contribution in [2.45, 2.75) is 26.6 Å². The number of rotatable bonds is 5. The van der Waals surface area contributed by atoms with Crippen LogP contribution in [0, 0.1) is 0 Å². The topological polar surface area (TPSA) is 58.9 Å². The van der Waals surface area contributed by atoms with Crippen LogP contribution >= 0.6 is 24.8 Å². The van der Waals surface area contributed by atoms with Crippen LogP contribution in [0.15, 0.2) is 35.4 Å². The summed E-state index contributed by atoms with van der Waals surface area (Å²) in [6, 6.07) is 7.79. The molecule has 5 nitrogen and oxygen atoms in total. The zero-order chi connectivity index (χ0) is 13.0. The van der Waals surface area contributed by atoms with Crippen molar-refractivity contribution in [2.75, 3.05) is 6.67 Å². The molecule has 0 spiro atoms. The third-order valence-electron chi connectivity index (χ3n) is 2.65. The summed E-state index contributed by atoms with van der Waals surface area (Å²) >= 11 is 0. The Balaban J connectivity index is 0.00000180. The van der Waals surface area contributed by atoms with E-state index < -0.39 is 0 Å². The summed E-state index contributed by atoms with van der Waals surface area (Å²) in [6.45, 7) is 5.27. The SMILES string of the molecule is CC(C)NCNCn1cnc2ccccc2c1=O.Cl.Cl. The third-order valence-corrected chi connectivity index (χ3v) is 2.65. The Labute approximate surface area is 130 Å². The highest BCUT2D eigenvalue weighted by Crippen LogP contribution is 2.03. The van der Waals surface area contributed by atoms with Crippen molar-refractivity contribution in [3.8, 4) is 0 Å². The summed E-state index contributed by atoms with van der Waals surface area (Å²) < 4.78 is 1.57. The van der Waals surface area contributed by atoms with Gasteiger partial charge in [-0.15, -0.1) is 24.8 Å². The Morgan fingerprint density at radius 3 is 2.65 bits per heavy atom. The number of hydrogen-bond donors (Lipinski definition) is 2. The summed E-state index contributed by atoms with van der Waals surface area (Å²) in [5.74, 6) is 0. The largest absolute Gasteiger partial charge is 0.302 e. The number of aromatic nitrogens is 2. The molecule has 0 bridgehead atoms. The maximum atomic E-state index is 12.1. The zero-order valence-corrected chi connectivity index (χ0v) is 13.1. The molecule has 0 amide bonds. The van der Waals surface area contributed by atoms with Crippen LogP contribution in [0.3, 0.4) is 0 Å². The van der Waals surface area contributed by atoms with Crippen LogP contribution in [0.4, 0.5) is 0 Å². The molecule has 2 aromatic rings. The van der Waals surface area contributed by atoms with Gasteiger partial charge in [-0.05, 0) is 26.0 Å². The van der Waals surface area contributed by atoms with E-state index in [-0.39, 0.29) is 30.4 Å². The van der Waals surface area contributed by atoms with E-state index in [0.29, 0.717) is 24.8 Å². The molecular weight excluding hydrogens is 299 g/mol. The van der Waals surface area contributed by atoms with Crippen LogP contribution in [0.2, 0.25) is 0 Å². The molecule has 7 heteroatoms. The van der Waals surface area contributed by atoms with Gasteiger partial charge in [0.05, 0.1) is 23.9 Å². The lowest BCUT2D eigenvalue weighted by molar-refractivity contribution is 0.472. The highest BCUT2D eigenvalue weighted by atomic mass is 35.5. The number of fused-ring (bicyclic) bond motifs is 1. The van der Waals surface area contributed by atoms with E-state index in [1.807, 2.05) is 18.2 Å². The molecule has 2 N–H and O–H groups in total. The van der Waals surface area contributed by atoms with Crippen molar-refractivity contribution in [1.29, 1.82) is 0 Å². The van der Waals surface area contributed by atoms with Crippen LogP contribution in [0.1, 0.15) is 13.8 Å². The molecule has 1 heterocycles. The van der Waals surface area contributed by atoms with E-state index in [9.17, 15) is 4.79 Å². The van der Waals surface area contributed by atoms with Gasteiger partial charge >= 0.3 is 0 Å². The van der Waals surface area contributed by atoms with Gasteiger partial charge in [0.1, 0.15) is 0 Å². The van der Waals surface area contributed by atoms with Gasteiger partial charge in [-0.3, -0.25) is 14.7 Å². The average Bonchev–Trinajstić information content (AvgIpc) is 2.37. The van der Waals surface area contributed by atoms with Crippen molar-refractivity contribution in [2.24, 2.45) is 0 Å². The molecule has 0 unspecified atom stereocenters. The summed E-state index contributed by atoms with van der Waals surface area (Å²) in [7, 11) is 0. The number of halogens is 2. The molecule has 0 radical (unpaired) electrons. The Kier molecular flexibility index (Phi) is 8.41. The smallest absolute Gasteiger partial charge is 0.262 e. The standard InChI is InChI=1S/C13H18N4O.2ClH/c1-10(2)15-7-14-8-17-9-16-12-6-4-3-5-11(12)13(17)18;;/h3-6,9-10,14-15H,7-8H2,1-2H3;2*1H. The maximum Gasteiger partial charge on any atom is 0.262 e. The van der Waals surface area contributed by atoms with E-state index in [1.165, 1.54) is 0 Å². The normalized spacial score (nSPS) is 10.2. The summed E-state index contributed by atoms with van der Waals surface area (Å²) in [6.07, 6.45) is 1.58. The fraction of sp³-hybridized carbons (Fsp3) is 0.385. The van der Waals surface area contributed by atoms with Crippen LogP contribution in [-0.2, 0) is 6.67 Å². The molecular formula is C13H20Cl2N4O. The van der Waals surface area contributed by atoms with E-state index in [2.05, 4.69) is 29.5 Å². The molecule has 1 aromatic heterocycles. The van der Waals surface area contributed by atoms with Gasteiger partial charge in [-0.25, -0.2) is 4.98 Å². The molecule has 0 atom stereocenters. The van der Waals surface area contributed by atoms with Crippen molar-refractivity contribution >= 4 is 35.7 Å². The Morgan fingerprint density at radius 1 is 1.25 bits per heavy atom. The average molecular weight is 319 g/mol. The minimum Gasteiger partial charge on any atom is -0.302 e. The van der Waals surface area contributed by atoms with E-state index >= 15 is 0 Å². The molecule has 2 rings (SSSR count). The second-order valence-corrected chi connectivity index (χ2v) is 4.48. The highest BCUT2D eigenvalue weighted by molar-refractivity contribution is 5.85. The number of benzene rings is 1. The van der Waals surface area contributed by atoms with Crippen molar-refractivity contribution in [3.63, 3.8) is 0 Å². The summed E-state index contributed by atoms with van der Waals surface area (Å²) in [4.78, 5) is 16.4. The zero-order valence-electron chi connectivity index (χ0n) is 11.5. The first-order valence-corrected chi connectivity index (χ1v) is 6.07. The fourth-order valence-electron chi connectivity index (χ4n) is 1.67. The minimum atomic E-state index is -0.0161. The van der Waals surface area contributed by atoms with Gasteiger partial charge in [-0.1, -0.05) is 12.1 Å². The predicted molar refractivity (Wildman–Crippen MR) is 86.8 cm³/mol. The van der Waals surface area contributed by atoms with Crippen molar-refractivity contribution < 1.29 is 0 Å². The van der Waals surface area contributed by atoms with Crippen molar-refractivity contribution in [1.82, 2.24) is 20.2 Å². The molecule has 20 heavy (non-hydrogen) atoms. The monoisotopic (exact) mass is 318 g/mol. The first kappa shape index (κ1) is 18.9. The van der Waals surface area contributed by atoms with Gasteiger partial charge in [0.15, 0.2) is 0 Å². The number of hydrogen-bond acceptors (Lipinski definition) is 4. The highest BCUT2D eigenvalue weighted by Gasteiger charge is 2.02. The summed E-state index contributed by atoms with van der Waals surface area (Å²) in [5.41, 5.74) is 0.719.